The van der Waals surface area contributed by atoms with Gasteiger partial charge in [0.25, 0.3) is 0 Å². The molecule has 0 aliphatic rings. The second-order valence-electron chi connectivity index (χ2n) is 4.59. The molecule has 0 saturated heterocycles. The number of thiophene rings is 1. The predicted octanol–water partition coefficient (Wildman–Crippen LogP) is 1.33. The molecule has 20 heavy (non-hydrogen) atoms. The lowest BCUT2D eigenvalue weighted by atomic mass is 10.2. The summed E-state index contributed by atoms with van der Waals surface area (Å²) in [5.74, 6) is 0. The summed E-state index contributed by atoms with van der Waals surface area (Å²) in [7, 11) is 0.249. The topological polar surface area (TPSA) is 63.1 Å². The first kappa shape index (κ1) is 15.2. The molecule has 2 aromatic rings. The van der Waals surface area contributed by atoms with Crippen molar-refractivity contribution in [1.29, 1.82) is 0 Å². The van der Waals surface area contributed by atoms with Crippen LogP contribution in [0, 0.1) is 0 Å². The number of hydrogen-bond donors (Lipinski definition) is 2. The van der Waals surface area contributed by atoms with E-state index in [1.165, 1.54) is 0 Å². The van der Waals surface area contributed by atoms with Crippen LogP contribution in [0.4, 0.5) is 0 Å². The molecule has 2 aromatic heterocycles. The third kappa shape index (κ3) is 3.69. The highest BCUT2D eigenvalue weighted by atomic mass is 32.2. The van der Waals surface area contributed by atoms with Gasteiger partial charge in [-0.25, -0.2) is 13.1 Å². The molecule has 0 saturated carbocycles. The van der Waals surface area contributed by atoms with Crippen LogP contribution < -0.4 is 10.0 Å². The molecule has 2 N–H and O–H groups in total. The molecule has 0 bridgehead atoms. The van der Waals surface area contributed by atoms with Crippen molar-refractivity contribution in [1.82, 2.24) is 14.6 Å². The molecule has 0 aromatic carbocycles. The van der Waals surface area contributed by atoms with Gasteiger partial charge in [-0.15, -0.1) is 0 Å². The largest absolute Gasteiger partial charge is 0.352 e. The molecule has 2 rings (SSSR count). The third-order valence-electron chi connectivity index (χ3n) is 3.04. The predicted molar refractivity (Wildman–Crippen MR) is 81.4 cm³/mol. The first-order valence-electron chi connectivity index (χ1n) is 6.33. The van der Waals surface area contributed by atoms with Gasteiger partial charge in [-0.1, -0.05) is 0 Å². The van der Waals surface area contributed by atoms with Gasteiger partial charge in [0, 0.05) is 32.0 Å². The molecular formula is C13H19N3O2S2. The number of nitrogens with zero attached hydrogens (tertiary/aromatic N) is 1. The highest BCUT2D eigenvalue weighted by Gasteiger charge is 2.16. The van der Waals surface area contributed by atoms with Crippen LogP contribution in [0.5, 0.6) is 0 Å². The summed E-state index contributed by atoms with van der Waals surface area (Å²) in [5, 5.41) is 7.04. The highest BCUT2D eigenvalue weighted by molar-refractivity contribution is 7.89. The molecule has 0 aliphatic carbocycles. The Morgan fingerprint density at radius 2 is 2.20 bits per heavy atom. The second kappa shape index (κ2) is 6.53. The van der Waals surface area contributed by atoms with E-state index in [0.717, 1.165) is 11.3 Å². The Morgan fingerprint density at radius 3 is 2.85 bits per heavy atom. The quantitative estimate of drug-likeness (QED) is 0.810. The van der Waals surface area contributed by atoms with E-state index in [9.17, 15) is 8.42 Å². The van der Waals surface area contributed by atoms with Gasteiger partial charge in [0.05, 0.1) is 4.90 Å². The van der Waals surface area contributed by atoms with Gasteiger partial charge in [-0.2, -0.15) is 11.3 Å². The zero-order chi connectivity index (χ0) is 14.6. The van der Waals surface area contributed by atoms with Gasteiger partial charge < -0.3 is 9.88 Å². The molecule has 0 radical (unpaired) electrons. The van der Waals surface area contributed by atoms with E-state index >= 15 is 0 Å². The first-order chi connectivity index (χ1) is 9.53. The van der Waals surface area contributed by atoms with Crippen molar-refractivity contribution < 1.29 is 8.42 Å². The fourth-order valence-electron chi connectivity index (χ4n) is 1.93. The summed E-state index contributed by atoms with van der Waals surface area (Å²) in [4.78, 5) is 0.315. The second-order valence-corrected chi connectivity index (χ2v) is 7.13. The molecule has 0 unspecified atom stereocenters. The van der Waals surface area contributed by atoms with Crippen molar-refractivity contribution in [2.75, 3.05) is 13.6 Å². The Morgan fingerprint density at radius 1 is 1.40 bits per heavy atom. The number of hydrogen-bond acceptors (Lipinski definition) is 4. The lowest BCUT2D eigenvalue weighted by Gasteiger charge is -2.03. The van der Waals surface area contributed by atoms with E-state index in [2.05, 4.69) is 10.0 Å². The number of aryl methyl sites for hydroxylation is 1. The lowest BCUT2D eigenvalue weighted by molar-refractivity contribution is 0.581. The molecule has 0 atom stereocenters. The summed E-state index contributed by atoms with van der Waals surface area (Å²) >= 11 is 1.62. The Bertz CT molecular complexity index is 645. The van der Waals surface area contributed by atoms with Crippen LogP contribution >= 0.6 is 11.3 Å². The zero-order valence-corrected chi connectivity index (χ0v) is 13.2. The number of sulfonamides is 1. The van der Waals surface area contributed by atoms with Gasteiger partial charge in [0.2, 0.25) is 10.0 Å². The van der Waals surface area contributed by atoms with Crippen LogP contribution in [0.1, 0.15) is 11.3 Å². The van der Waals surface area contributed by atoms with Gasteiger partial charge in [-0.3, -0.25) is 0 Å². The summed E-state index contributed by atoms with van der Waals surface area (Å²) < 4.78 is 28.8. The minimum absolute atomic E-state index is 0.315. The lowest BCUT2D eigenvalue weighted by Crippen LogP contribution is -2.25. The Kier molecular flexibility index (Phi) is 4.98. The third-order valence-corrected chi connectivity index (χ3v) is 5.20. The maximum Gasteiger partial charge on any atom is 0.242 e. The maximum absolute atomic E-state index is 12.2. The Balaban J connectivity index is 2.00. The zero-order valence-electron chi connectivity index (χ0n) is 11.6. The maximum atomic E-state index is 12.2. The van der Waals surface area contributed by atoms with Gasteiger partial charge in [0.15, 0.2) is 0 Å². The van der Waals surface area contributed by atoms with Crippen LogP contribution in [-0.4, -0.2) is 26.6 Å². The van der Waals surface area contributed by atoms with E-state index in [1.54, 1.807) is 23.6 Å². The standard InChI is InChI=1S/C13H19N3O2S2/c1-14-8-12-7-13(9-16(12)2)20(17,18)15-5-3-11-4-6-19-10-11/h4,6-7,9-10,14-15H,3,5,8H2,1-2H3. The minimum Gasteiger partial charge on any atom is -0.352 e. The molecule has 110 valence electrons. The molecular weight excluding hydrogens is 294 g/mol. The summed E-state index contributed by atoms with van der Waals surface area (Å²) in [6.07, 6.45) is 2.35. The molecule has 0 spiro atoms. The van der Waals surface area contributed by atoms with Crippen LogP contribution in [0.2, 0.25) is 0 Å². The van der Waals surface area contributed by atoms with Crippen LogP contribution in [0.3, 0.4) is 0 Å². The molecule has 0 fully saturated rings. The van der Waals surface area contributed by atoms with Crippen molar-refractivity contribution in [3.63, 3.8) is 0 Å². The van der Waals surface area contributed by atoms with Crippen LogP contribution in [0.25, 0.3) is 0 Å². The van der Waals surface area contributed by atoms with Gasteiger partial charge in [-0.05, 0) is 41.9 Å². The van der Waals surface area contributed by atoms with Crippen molar-refractivity contribution in [2.24, 2.45) is 7.05 Å². The molecule has 5 nitrogen and oxygen atoms in total. The fraction of sp³-hybridized carbons (Fsp3) is 0.385. The normalized spacial score (nSPS) is 11.9. The van der Waals surface area contributed by atoms with Gasteiger partial charge >= 0.3 is 0 Å². The summed E-state index contributed by atoms with van der Waals surface area (Å²) in [6.45, 7) is 1.05. The average molecular weight is 313 g/mol. The summed E-state index contributed by atoms with van der Waals surface area (Å²) in [5.41, 5.74) is 2.09. The molecule has 0 aliphatic heterocycles. The van der Waals surface area contributed by atoms with Crippen LogP contribution in [-0.2, 0) is 30.0 Å². The number of nitrogens with one attached hydrogen (secondary N) is 2. The van der Waals surface area contributed by atoms with Crippen molar-refractivity contribution in [3.05, 3.63) is 40.3 Å². The number of rotatable bonds is 7. The minimum atomic E-state index is -3.43. The average Bonchev–Trinajstić information content (AvgIpc) is 3.01. The van der Waals surface area contributed by atoms with Crippen molar-refractivity contribution in [2.45, 2.75) is 17.9 Å². The van der Waals surface area contributed by atoms with E-state index in [-0.39, 0.29) is 0 Å². The van der Waals surface area contributed by atoms with Gasteiger partial charge in [0.1, 0.15) is 0 Å². The molecule has 2 heterocycles. The van der Waals surface area contributed by atoms with Crippen LogP contribution in [0.15, 0.2) is 34.0 Å². The first-order valence-corrected chi connectivity index (χ1v) is 8.76. The van der Waals surface area contributed by atoms with E-state index < -0.39 is 10.0 Å². The van der Waals surface area contributed by atoms with E-state index in [1.807, 2.05) is 35.5 Å². The number of aromatic nitrogens is 1. The fourth-order valence-corrected chi connectivity index (χ4v) is 3.76. The SMILES string of the molecule is CNCc1cc(S(=O)(=O)NCCc2ccsc2)cn1C. The van der Waals surface area contributed by atoms with Crippen molar-refractivity contribution in [3.8, 4) is 0 Å². The molecule has 7 heteroatoms. The van der Waals surface area contributed by atoms with E-state index in [0.29, 0.717) is 24.4 Å². The smallest absolute Gasteiger partial charge is 0.242 e. The monoisotopic (exact) mass is 313 g/mol. The summed E-state index contributed by atoms with van der Waals surface area (Å²) in [6, 6.07) is 3.70. The van der Waals surface area contributed by atoms with E-state index in [4.69, 9.17) is 0 Å². The van der Waals surface area contributed by atoms with Crippen molar-refractivity contribution >= 4 is 21.4 Å². The molecule has 0 amide bonds. The highest BCUT2D eigenvalue weighted by Crippen LogP contribution is 2.13. The Labute approximate surface area is 123 Å². The Hall–Kier alpha value is -1.15.